The fourth-order valence-corrected chi connectivity index (χ4v) is 8.70. The van der Waals surface area contributed by atoms with E-state index in [2.05, 4.69) is 0 Å². The van der Waals surface area contributed by atoms with Crippen LogP contribution in [0.25, 0.3) is 0 Å². The number of ketones is 1. The Bertz CT molecular complexity index is 1050. The van der Waals surface area contributed by atoms with Gasteiger partial charge in [0.2, 0.25) is 0 Å². The summed E-state index contributed by atoms with van der Waals surface area (Å²) in [6.45, 7) is 7.06. The van der Waals surface area contributed by atoms with E-state index in [0.717, 1.165) is 11.1 Å². The van der Waals surface area contributed by atoms with Crippen LogP contribution < -0.4 is 0 Å². The smallest absolute Gasteiger partial charge is 0.336 e. The Kier molecular flexibility index (Phi) is 5.58. The summed E-state index contributed by atoms with van der Waals surface area (Å²) in [7, 11) is 0. The van der Waals surface area contributed by atoms with Crippen molar-refractivity contribution >= 4 is 11.8 Å². The highest BCUT2D eigenvalue weighted by Crippen LogP contribution is 2.69. The van der Waals surface area contributed by atoms with Gasteiger partial charge in [-0.2, -0.15) is 0 Å². The molecule has 5 aliphatic rings. The molecular weight excluding hydrogens is 448 g/mol. The molecule has 1 aliphatic heterocycles. The Morgan fingerprint density at radius 2 is 1.89 bits per heavy atom. The number of ether oxygens (including phenoxy) is 1. The normalized spacial score (nSPS) is 46.9. The number of hydrogen-bond donors (Lipinski definition) is 4. The lowest BCUT2D eigenvalue weighted by atomic mass is 9.45. The molecule has 4 aliphatic carbocycles. The minimum absolute atomic E-state index is 0.0198. The number of fused-ring (bicyclic) bond motifs is 5. The number of carbonyl (C=O) groups is 2. The zero-order valence-corrected chi connectivity index (χ0v) is 21.1. The van der Waals surface area contributed by atoms with Crippen LogP contribution in [-0.4, -0.2) is 62.2 Å². The quantitative estimate of drug-likeness (QED) is 0.357. The number of esters is 1. The van der Waals surface area contributed by atoms with Crippen LogP contribution in [-0.2, 0) is 14.3 Å². The predicted octanol–water partition coefficient (Wildman–Crippen LogP) is 2.37. The lowest BCUT2D eigenvalue weighted by Crippen LogP contribution is -2.64. The van der Waals surface area contributed by atoms with E-state index in [4.69, 9.17) is 4.74 Å². The molecule has 0 unspecified atom stereocenters. The fraction of sp³-hybridized carbons (Fsp3) is 0.714. The Morgan fingerprint density at radius 1 is 1.17 bits per heavy atom. The molecule has 192 valence electrons. The Hall–Kier alpha value is -1.80. The minimum atomic E-state index is -1.37. The molecule has 0 spiro atoms. The van der Waals surface area contributed by atoms with Gasteiger partial charge < -0.3 is 25.2 Å². The molecule has 0 radical (unpaired) electrons. The van der Waals surface area contributed by atoms with Crippen molar-refractivity contribution in [3.63, 3.8) is 0 Å². The third-order valence-corrected chi connectivity index (χ3v) is 10.9. The van der Waals surface area contributed by atoms with Crippen LogP contribution in [0.2, 0.25) is 0 Å². The maximum Gasteiger partial charge on any atom is 0.336 e. The molecule has 7 heteroatoms. The van der Waals surface area contributed by atoms with Crippen molar-refractivity contribution in [2.45, 2.75) is 89.6 Å². The summed E-state index contributed by atoms with van der Waals surface area (Å²) in [5.74, 6) is -1.19. The first kappa shape index (κ1) is 24.9. The third kappa shape index (κ3) is 3.11. The van der Waals surface area contributed by atoms with E-state index in [9.17, 15) is 30.0 Å². The second-order valence-corrected chi connectivity index (χ2v) is 12.2. The molecule has 0 aromatic heterocycles. The Balaban J connectivity index is 1.48. The molecule has 4 N–H and O–H groups in total. The fourth-order valence-electron chi connectivity index (χ4n) is 8.70. The van der Waals surface area contributed by atoms with Crippen molar-refractivity contribution in [3.8, 4) is 0 Å². The molecule has 0 saturated heterocycles. The zero-order valence-electron chi connectivity index (χ0n) is 21.1. The van der Waals surface area contributed by atoms with E-state index in [1.54, 1.807) is 19.9 Å². The number of carbonyl (C=O) groups excluding carboxylic acids is 2. The first-order valence-corrected chi connectivity index (χ1v) is 12.9. The minimum Gasteiger partial charge on any atom is -0.456 e. The molecule has 5 rings (SSSR count). The number of cyclic esters (lactones) is 1. The largest absolute Gasteiger partial charge is 0.456 e. The highest BCUT2D eigenvalue weighted by molar-refractivity contribution is 5.99. The van der Waals surface area contributed by atoms with Crippen molar-refractivity contribution in [1.82, 2.24) is 0 Å². The van der Waals surface area contributed by atoms with Crippen LogP contribution in [0.1, 0.15) is 66.2 Å². The molecular formula is C28H38O7. The van der Waals surface area contributed by atoms with Gasteiger partial charge in [0, 0.05) is 11.8 Å². The van der Waals surface area contributed by atoms with Gasteiger partial charge in [0.25, 0.3) is 0 Å². The van der Waals surface area contributed by atoms with Gasteiger partial charge in [0.15, 0.2) is 5.78 Å². The molecule has 9 atom stereocenters. The first-order valence-electron chi connectivity index (χ1n) is 12.9. The Morgan fingerprint density at radius 3 is 2.54 bits per heavy atom. The lowest BCUT2D eigenvalue weighted by molar-refractivity contribution is -0.214. The third-order valence-electron chi connectivity index (χ3n) is 10.9. The van der Waals surface area contributed by atoms with Crippen LogP contribution in [0.4, 0.5) is 0 Å². The van der Waals surface area contributed by atoms with Crippen LogP contribution in [0.15, 0.2) is 34.9 Å². The molecule has 0 aromatic rings. The van der Waals surface area contributed by atoms with Gasteiger partial charge in [0.05, 0.1) is 29.3 Å². The Labute approximate surface area is 206 Å². The van der Waals surface area contributed by atoms with E-state index >= 15 is 0 Å². The molecule has 0 bridgehead atoms. The van der Waals surface area contributed by atoms with Crippen LogP contribution in [0.3, 0.4) is 0 Å². The number of allylic oxidation sites excluding steroid dienone is 2. The van der Waals surface area contributed by atoms with Gasteiger partial charge in [-0.1, -0.05) is 18.6 Å². The molecule has 1 heterocycles. The highest BCUT2D eigenvalue weighted by Gasteiger charge is 2.70. The molecule has 7 nitrogen and oxygen atoms in total. The summed E-state index contributed by atoms with van der Waals surface area (Å²) in [6.07, 6.45) is 6.77. The van der Waals surface area contributed by atoms with Gasteiger partial charge in [-0.25, -0.2) is 4.79 Å². The maximum absolute atomic E-state index is 13.1. The summed E-state index contributed by atoms with van der Waals surface area (Å²) in [5.41, 5.74) is -2.22. The number of rotatable bonds is 3. The number of aliphatic hydroxyl groups excluding tert-OH is 2. The van der Waals surface area contributed by atoms with Crippen LogP contribution in [0, 0.1) is 28.6 Å². The molecule has 2 saturated carbocycles. The summed E-state index contributed by atoms with van der Waals surface area (Å²) in [4.78, 5) is 25.6. The predicted molar refractivity (Wildman–Crippen MR) is 128 cm³/mol. The highest BCUT2D eigenvalue weighted by atomic mass is 16.6. The topological polar surface area (TPSA) is 124 Å². The summed E-state index contributed by atoms with van der Waals surface area (Å²) >= 11 is 0. The molecule has 2 fully saturated rings. The van der Waals surface area contributed by atoms with Gasteiger partial charge >= 0.3 is 5.97 Å². The van der Waals surface area contributed by atoms with E-state index in [0.29, 0.717) is 38.5 Å². The average molecular weight is 487 g/mol. The molecule has 35 heavy (non-hydrogen) atoms. The second kappa shape index (κ2) is 7.85. The number of aliphatic hydroxyl groups is 4. The van der Waals surface area contributed by atoms with E-state index in [-0.39, 0.29) is 35.7 Å². The summed E-state index contributed by atoms with van der Waals surface area (Å²) < 4.78 is 5.64. The van der Waals surface area contributed by atoms with Crippen molar-refractivity contribution < 1.29 is 34.8 Å². The van der Waals surface area contributed by atoms with Gasteiger partial charge in [-0.05, 0) is 88.4 Å². The average Bonchev–Trinajstić information content (AvgIpc) is 3.08. The number of hydrogen-bond acceptors (Lipinski definition) is 7. The van der Waals surface area contributed by atoms with Crippen LogP contribution in [0.5, 0.6) is 0 Å². The molecule has 0 aromatic carbocycles. The standard InChI is InChI=1S/C28H38O7/c1-15-13-23(35-24(32)16(15)14-29)27(4,33)21-10-12-28(34)18-5-6-19-20(30)7-8-22(31)26(19,3)17(18)9-11-25(21,28)2/h6-8,17-18,20-21,23,29-30,33-34H,5,9-14H2,1-4H3/t17-,18+,20-,21-,23+,25+,26+,27+,28+/m0/s1. The lowest BCUT2D eigenvalue weighted by Gasteiger charge is -2.61. The molecule has 0 amide bonds. The van der Waals surface area contributed by atoms with Gasteiger partial charge in [0.1, 0.15) is 11.7 Å². The van der Waals surface area contributed by atoms with E-state index < -0.39 is 40.2 Å². The van der Waals surface area contributed by atoms with Crippen molar-refractivity contribution in [2.75, 3.05) is 6.61 Å². The van der Waals surface area contributed by atoms with Gasteiger partial charge in [-0.3, -0.25) is 4.79 Å². The second-order valence-electron chi connectivity index (χ2n) is 12.2. The van der Waals surface area contributed by atoms with E-state index in [1.165, 1.54) is 6.08 Å². The summed E-state index contributed by atoms with van der Waals surface area (Å²) in [6, 6.07) is 0. The van der Waals surface area contributed by atoms with Gasteiger partial charge in [-0.15, -0.1) is 0 Å². The van der Waals surface area contributed by atoms with Crippen LogP contribution >= 0.6 is 0 Å². The first-order chi connectivity index (χ1) is 16.3. The van der Waals surface area contributed by atoms with Crippen molar-refractivity contribution in [2.24, 2.45) is 28.6 Å². The zero-order chi connectivity index (χ0) is 25.6. The maximum atomic E-state index is 13.1. The van der Waals surface area contributed by atoms with Crippen molar-refractivity contribution in [3.05, 3.63) is 34.9 Å². The van der Waals surface area contributed by atoms with Crippen molar-refractivity contribution in [1.29, 1.82) is 0 Å². The SMILES string of the molecule is CC1=C(CO)C(=O)O[C@@H]([C@](C)(O)[C@H]2CC[C@@]3(O)[C@@H]4CC=C5[C@@H](O)C=CC(=O)[C@]5(C)[C@H]4CC[C@]23C)C1. The summed E-state index contributed by atoms with van der Waals surface area (Å²) in [5, 5.41) is 44.3. The van der Waals surface area contributed by atoms with E-state index in [1.807, 2.05) is 19.9 Å². The monoisotopic (exact) mass is 486 g/mol.